The first kappa shape index (κ1) is 19.7. The van der Waals surface area contributed by atoms with E-state index in [0.29, 0.717) is 28.7 Å². The summed E-state index contributed by atoms with van der Waals surface area (Å²) >= 11 is 12.0. The molecule has 1 aliphatic rings. The maximum absolute atomic E-state index is 12.7. The van der Waals surface area contributed by atoms with Crippen LogP contribution in [0.4, 0.5) is 11.4 Å². The van der Waals surface area contributed by atoms with Crippen LogP contribution in [0.3, 0.4) is 0 Å². The van der Waals surface area contributed by atoms with Crippen molar-refractivity contribution in [1.29, 1.82) is 0 Å². The van der Waals surface area contributed by atoms with Crippen molar-refractivity contribution in [3.63, 3.8) is 0 Å². The number of halogens is 2. The largest absolute Gasteiger partial charge is 0.326 e. The highest BCUT2D eigenvalue weighted by atomic mass is 35.5. The van der Waals surface area contributed by atoms with Crippen molar-refractivity contribution in [3.8, 4) is 0 Å². The maximum atomic E-state index is 12.7. The van der Waals surface area contributed by atoms with E-state index in [9.17, 15) is 9.59 Å². The molecule has 0 bridgehead atoms. The highest BCUT2D eigenvalue weighted by molar-refractivity contribution is 6.36. The van der Waals surface area contributed by atoms with Crippen LogP contribution in [0.25, 0.3) is 0 Å². The van der Waals surface area contributed by atoms with Crippen LogP contribution < -0.4 is 10.6 Å². The third-order valence-corrected chi connectivity index (χ3v) is 5.09. The van der Waals surface area contributed by atoms with Crippen molar-refractivity contribution in [1.82, 2.24) is 4.90 Å². The van der Waals surface area contributed by atoms with Crippen molar-refractivity contribution < 1.29 is 9.59 Å². The summed E-state index contributed by atoms with van der Waals surface area (Å²) in [5, 5.41) is 6.66. The van der Waals surface area contributed by atoms with Gasteiger partial charge in [0.2, 0.25) is 11.8 Å². The zero-order valence-corrected chi connectivity index (χ0v) is 16.3. The van der Waals surface area contributed by atoms with Gasteiger partial charge in [0, 0.05) is 23.7 Å². The second-order valence-corrected chi connectivity index (χ2v) is 7.32. The van der Waals surface area contributed by atoms with E-state index in [1.165, 1.54) is 0 Å². The summed E-state index contributed by atoms with van der Waals surface area (Å²) in [5.74, 6) is -0.173. The fraction of sp³-hybridized carbons (Fsp3) is 0.300. The van der Waals surface area contributed by atoms with Crippen molar-refractivity contribution in [2.45, 2.75) is 25.3 Å². The van der Waals surface area contributed by atoms with E-state index in [0.717, 1.165) is 25.1 Å². The van der Waals surface area contributed by atoms with E-state index in [1.807, 2.05) is 35.2 Å². The van der Waals surface area contributed by atoms with Crippen LogP contribution in [0, 0.1) is 0 Å². The zero-order chi connectivity index (χ0) is 19.2. The molecular weight excluding hydrogens is 385 g/mol. The molecule has 0 saturated carbocycles. The Balaban J connectivity index is 1.53. The Morgan fingerprint density at radius 3 is 2.59 bits per heavy atom. The molecule has 0 radical (unpaired) electrons. The highest BCUT2D eigenvalue weighted by Gasteiger charge is 2.31. The van der Waals surface area contributed by atoms with Crippen LogP contribution in [-0.2, 0) is 9.59 Å². The van der Waals surface area contributed by atoms with Gasteiger partial charge in [-0.25, -0.2) is 0 Å². The number of hydrogen-bond acceptors (Lipinski definition) is 3. The van der Waals surface area contributed by atoms with Crippen molar-refractivity contribution in [2.24, 2.45) is 0 Å². The van der Waals surface area contributed by atoms with E-state index in [-0.39, 0.29) is 17.9 Å². The molecule has 1 atom stereocenters. The second-order valence-electron chi connectivity index (χ2n) is 6.47. The molecule has 27 heavy (non-hydrogen) atoms. The Labute approximate surface area is 168 Å². The number of nitrogens with one attached hydrogen (secondary N) is 2. The molecule has 0 aliphatic carbocycles. The Morgan fingerprint density at radius 1 is 1.07 bits per heavy atom. The molecule has 1 fully saturated rings. The molecule has 1 aliphatic heterocycles. The lowest BCUT2D eigenvalue weighted by molar-refractivity contribution is -0.121. The Kier molecular flexibility index (Phi) is 6.72. The topological polar surface area (TPSA) is 61.4 Å². The average Bonchev–Trinajstić information content (AvgIpc) is 3.12. The molecule has 0 spiro atoms. The minimum absolute atomic E-state index is 0.0620. The first-order valence-electron chi connectivity index (χ1n) is 8.88. The molecule has 2 amide bonds. The van der Waals surface area contributed by atoms with Crippen LogP contribution in [0.15, 0.2) is 48.5 Å². The number of carbonyl (C=O) groups excluding carboxylic acids is 2. The minimum Gasteiger partial charge on any atom is -0.326 e. The van der Waals surface area contributed by atoms with Gasteiger partial charge in [-0.2, -0.15) is 0 Å². The number of anilines is 2. The number of rotatable bonds is 6. The number of carbonyl (C=O) groups is 2. The van der Waals surface area contributed by atoms with Gasteiger partial charge < -0.3 is 10.6 Å². The van der Waals surface area contributed by atoms with E-state index in [4.69, 9.17) is 23.2 Å². The number of benzene rings is 2. The maximum Gasteiger partial charge on any atom is 0.241 e. The molecule has 7 heteroatoms. The fourth-order valence-electron chi connectivity index (χ4n) is 3.19. The molecule has 142 valence electrons. The number of amides is 2. The minimum atomic E-state index is -0.263. The fourth-order valence-corrected chi connectivity index (χ4v) is 3.64. The summed E-state index contributed by atoms with van der Waals surface area (Å²) < 4.78 is 0. The van der Waals surface area contributed by atoms with Gasteiger partial charge in [0.25, 0.3) is 0 Å². The highest BCUT2D eigenvalue weighted by Crippen LogP contribution is 2.27. The van der Waals surface area contributed by atoms with Gasteiger partial charge in [-0.3, -0.25) is 14.5 Å². The average molecular weight is 406 g/mol. The van der Waals surface area contributed by atoms with E-state index >= 15 is 0 Å². The molecule has 2 aromatic carbocycles. The quantitative estimate of drug-likeness (QED) is 0.747. The summed E-state index contributed by atoms with van der Waals surface area (Å²) in [6, 6.07) is 14.0. The van der Waals surface area contributed by atoms with Gasteiger partial charge in [-0.15, -0.1) is 0 Å². The standard InChI is InChI=1S/C20H21Cl2N3O2/c21-14-8-9-17(16(22)13-14)24-20(27)18-7-4-11-25(18)12-10-19(26)23-15-5-2-1-3-6-15/h1-3,5-6,8-9,13,18H,4,7,10-12H2,(H,23,26)(H,24,27). The molecule has 5 nitrogen and oxygen atoms in total. The molecule has 1 saturated heterocycles. The van der Waals surface area contributed by atoms with Gasteiger partial charge >= 0.3 is 0 Å². The van der Waals surface area contributed by atoms with Gasteiger partial charge in [0.1, 0.15) is 0 Å². The molecular formula is C20H21Cl2N3O2. The molecule has 2 aromatic rings. The summed E-state index contributed by atoms with van der Waals surface area (Å²) in [5.41, 5.74) is 1.32. The van der Waals surface area contributed by atoms with Crippen molar-refractivity contribution >= 4 is 46.4 Å². The Morgan fingerprint density at radius 2 is 1.85 bits per heavy atom. The van der Waals surface area contributed by atoms with E-state index < -0.39 is 0 Å². The van der Waals surface area contributed by atoms with Gasteiger partial charge in [-0.1, -0.05) is 41.4 Å². The van der Waals surface area contributed by atoms with Crippen molar-refractivity contribution in [2.75, 3.05) is 23.7 Å². The molecule has 1 heterocycles. The van der Waals surface area contributed by atoms with E-state index in [2.05, 4.69) is 10.6 Å². The molecule has 2 N–H and O–H groups in total. The van der Waals surface area contributed by atoms with Crippen LogP contribution in [0.5, 0.6) is 0 Å². The molecule has 3 rings (SSSR count). The van der Waals surface area contributed by atoms with E-state index in [1.54, 1.807) is 18.2 Å². The second kappa shape index (κ2) is 9.22. The lowest BCUT2D eigenvalue weighted by Gasteiger charge is -2.23. The van der Waals surface area contributed by atoms with Crippen molar-refractivity contribution in [3.05, 3.63) is 58.6 Å². The third-order valence-electron chi connectivity index (χ3n) is 4.54. The summed E-state index contributed by atoms with van der Waals surface area (Å²) in [6.07, 6.45) is 2.02. The van der Waals surface area contributed by atoms with Gasteiger partial charge in [0.05, 0.1) is 16.8 Å². The first-order valence-corrected chi connectivity index (χ1v) is 9.63. The predicted molar refractivity (Wildman–Crippen MR) is 109 cm³/mol. The van der Waals surface area contributed by atoms with Crippen LogP contribution >= 0.6 is 23.2 Å². The normalized spacial score (nSPS) is 16.9. The third kappa shape index (κ3) is 5.45. The summed E-state index contributed by atoms with van der Waals surface area (Å²) in [6.45, 7) is 1.33. The number of para-hydroxylation sites is 1. The Hall–Kier alpha value is -2.08. The Bertz CT molecular complexity index is 814. The van der Waals surface area contributed by atoms with Crippen LogP contribution in [0.1, 0.15) is 19.3 Å². The monoisotopic (exact) mass is 405 g/mol. The van der Waals surface area contributed by atoms with Gasteiger partial charge in [0.15, 0.2) is 0 Å². The summed E-state index contributed by atoms with van der Waals surface area (Å²) in [4.78, 5) is 26.8. The van der Waals surface area contributed by atoms with Crippen LogP contribution in [-0.4, -0.2) is 35.8 Å². The number of nitrogens with zero attached hydrogens (tertiary/aromatic N) is 1. The molecule has 0 aromatic heterocycles. The van der Waals surface area contributed by atoms with Crippen LogP contribution in [0.2, 0.25) is 10.0 Å². The predicted octanol–water partition coefficient (Wildman–Crippen LogP) is 4.43. The van der Waals surface area contributed by atoms with Gasteiger partial charge in [-0.05, 0) is 49.7 Å². The first-order chi connectivity index (χ1) is 13.0. The SMILES string of the molecule is O=C(CCN1CCCC1C(=O)Nc1ccc(Cl)cc1Cl)Nc1ccccc1. The zero-order valence-electron chi connectivity index (χ0n) is 14.8. The lowest BCUT2D eigenvalue weighted by Crippen LogP contribution is -2.41. The summed E-state index contributed by atoms with van der Waals surface area (Å²) in [7, 11) is 0. The smallest absolute Gasteiger partial charge is 0.241 e. The number of likely N-dealkylation sites (tertiary alicyclic amines) is 1. The lowest BCUT2D eigenvalue weighted by atomic mass is 10.2. The number of hydrogen-bond donors (Lipinski definition) is 2. The molecule has 1 unspecified atom stereocenters.